The van der Waals surface area contributed by atoms with E-state index in [0.717, 1.165) is 27.5 Å². The van der Waals surface area contributed by atoms with Crippen molar-refractivity contribution in [3.05, 3.63) is 84.6 Å². The maximum atomic E-state index is 13.6. The quantitative estimate of drug-likeness (QED) is 0.321. The van der Waals surface area contributed by atoms with Crippen molar-refractivity contribution in [2.45, 2.75) is 13.5 Å². The highest BCUT2D eigenvalue weighted by Crippen LogP contribution is 2.39. The highest BCUT2D eigenvalue weighted by molar-refractivity contribution is 6.02. The number of rotatable bonds is 4. The molecule has 6 aromatic rings. The number of hydrogen-bond donors (Lipinski definition) is 1. The Kier molecular flexibility index (Phi) is 4.74. The third kappa shape index (κ3) is 3.07. The fraction of sp³-hybridized carbons (Fsp3) is 0.111. The molecule has 172 valence electrons. The molecule has 6 rings (SSSR count). The lowest BCUT2D eigenvalue weighted by Crippen LogP contribution is -2.01. The normalized spacial score (nSPS) is 11.9. The van der Waals surface area contributed by atoms with Crippen LogP contribution in [0.4, 0.5) is 5.69 Å². The monoisotopic (exact) mass is 462 g/mol. The summed E-state index contributed by atoms with van der Waals surface area (Å²) >= 11 is 0. The van der Waals surface area contributed by atoms with Gasteiger partial charge >= 0.3 is 5.91 Å². The van der Waals surface area contributed by atoms with Gasteiger partial charge in [-0.2, -0.15) is 0 Å². The maximum Gasteiger partial charge on any atom is 0.314 e. The van der Waals surface area contributed by atoms with Gasteiger partial charge in [0.15, 0.2) is 5.69 Å². The van der Waals surface area contributed by atoms with E-state index < -0.39 is 5.91 Å². The molecule has 0 unspecified atom stereocenters. The Bertz CT molecular complexity index is 1770. The second-order valence-electron chi connectivity index (χ2n) is 8.30. The van der Waals surface area contributed by atoms with E-state index >= 15 is 0 Å². The van der Waals surface area contributed by atoms with Gasteiger partial charge in [0.05, 0.1) is 16.6 Å². The van der Waals surface area contributed by atoms with E-state index in [9.17, 15) is 9.90 Å². The summed E-state index contributed by atoms with van der Waals surface area (Å²) in [6, 6.07) is 24.9. The van der Waals surface area contributed by atoms with Crippen molar-refractivity contribution in [3.8, 4) is 17.1 Å². The summed E-state index contributed by atoms with van der Waals surface area (Å²) in [7, 11) is 1.92. The Labute approximate surface area is 200 Å². The number of imidazole rings is 2. The molecule has 3 heterocycles. The molecule has 0 bridgehead atoms. The van der Waals surface area contributed by atoms with Crippen molar-refractivity contribution >= 4 is 39.3 Å². The molecule has 0 aliphatic carbocycles. The Morgan fingerprint density at radius 3 is 2.31 bits per heavy atom. The van der Waals surface area contributed by atoms with Gasteiger partial charge in [0.1, 0.15) is 11.4 Å². The van der Waals surface area contributed by atoms with Gasteiger partial charge in [-0.15, -0.1) is 10.2 Å². The molecule has 0 fully saturated rings. The standard InChI is InChI=1S/C27H22N6O2/c1-3-32-19-14-8-7-13-18(19)23(26(32)35)29-30-25(34)24-22(17-11-5-4-6-12-17)28-27-31(2)20-15-9-10-16-21(20)33(24)27/h4-16,35H,3H2,1-2H3. The van der Waals surface area contributed by atoms with Gasteiger partial charge in [0, 0.05) is 24.5 Å². The average molecular weight is 463 g/mol. The van der Waals surface area contributed by atoms with E-state index in [1.807, 2.05) is 102 Å². The number of aromatic nitrogens is 4. The fourth-order valence-electron chi connectivity index (χ4n) is 4.73. The van der Waals surface area contributed by atoms with E-state index in [1.54, 1.807) is 4.57 Å². The van der Waals surface area contributed by atoms with Crippen LogP contribution in [0.3, 0.4) is 0 Å². The largest absolute Gasteiger partial charge is 0.493 e. The highest BCUT2D eigenvalue weighted by atomic mass is 16.3. The molecule has 8 heteroatoms. The second-order valence-corrected chi connectivity index (χ2v) is 8.30. The average Bonchev–Trinajstić information content (AvgIpc) is 3.51. The first-order valence-corrected chi connectivity index (χ1v) is 11.4. The number of aromatic hydroxyl groups is 1. The van der Waals surface area contributed by atoms with Gasteiger partial charge in [-0.05, 0) is 25.1 Å². The van der Waals surface area contributed by atoms with Crippen LogP contribution in [0, 0.1) is 0 Å². The highest BCUT2D eigenvalue weighted by Gasteiger charge is 2.25. The zero-order chi connectivity index (χ0) is 24.1. The molecule has 0 saturated carbocycles. The van der Waals surface area contributed by atoms with E-state index in [0.29, 0.717) is 23.7 Å². The first-order chi connectivity index (χ1) is 17.1. The third-order valence-electron chi connectivity index (χ3n) is 6.37. The topological polar surface area (TPSA) is 89.2 Å². The van der Waals surface area contributed by atoms with Crippen molar-refractivity contribution in [3.63, 3.8) is 0 Å². The number of fused-ring (bicyclic) bond motifs is 4. The van der Waals surface area contributed by atoms with Gasteiger partial charge in [-0.25, -0.2) is 4.98 Å². The van der Waals surface area contributed by atoms with Crippen LogP contribution >= 0.6 is 0 Å². The Morgan fingerprint density at radius 1 is 0.914 bits per heavy atom. The van der Waals surface area contributed by atoms with Crippen molar-refractivity contribution in [2.24, 2.45) is 17.3 Å². The van der Waals surface area contributed by atoms with Crippen LogP contribution < -0.4 is 0 Å². The Morgan fingerprint density at radius 2 is 1.57 bits per heavy atom. The summed E-state index contributed by atoms with van der Waals surface area (Å²) in [6.45, 7) is 2.50. The number of para-hydroxylation sites is 3. The predicted octanol–water partition coefficient (Wildman–Crippen LogP) is 6.10. The van der Waals surface area contributed by atoms with Crippen LogP contribution in [0.5, 0.6) is 5.88 Å². The van der Waals surface area contributed by atoms with E-state index in [-0.39, 0.29) is 11.6 Å². The van der Waals surface area contributed by atoms with Gasteiger partial charge in [-0.1, -0.05) is 60.7 Å². The SMILES string of the molecule is CCn1c(O)c(N=NC(=O)c2c(-c3ccccc3)nc3n(C)c4ccccc4n23)c2ccccc21. The molecule has 35 heavy (non-hydrogen) atoms. The lowest BCUT2D eigenvalue weighted by atomic mass is 10.1. The van der Waals surface area contributed by atoms with Crippen LogP contribution in [0.2, 0.25) is 0 Å². The number of carbonyl (C=O) groups excluding carboxylic acids is 1. The number of hydrogen-bond acceptors (Lipinski definition) is 4. The molecule has 3 aromatic heterocycles. The Balaban J connectivity index is 1.57. The van der Waals surface area contributed by atoms with Crippen molar-refractivity contribution < 1.29 is 9.90 Å². The maximum absolute atomic E-state index is 13.6. The zero-order valence-corrected chi connectivity index (χ0v) is 19.3. The molecule has 0 aliphatic heterocycles. The van der Waals surface area contributed by atoms with Crippen LogP contribution in [0.1, 0.15) is 17.4 Å². The van der Waals surface area contributed by atoms with Crippen molar-refractivity contribution in [2.75, 3.05) is 0 Å². The van der Waals surface area contributed by atoms with E-state index in [1.165, 1.54) is 0 Å². The molecule has 0 radical (unpaired) electrons. The Hall–Kier alpha value is -4.72. The minimum Gasteiger partial charge on any atom is -0.493 e. The first kappa shape index (κ1) is 20.9. The molecular weight excluding hydrogens is 440 g/mol. The second kappa shape index (κ2) is 7.95. The zero-order valence-electron chi connectivity index (χ0n) is 19.3. The molecule has 1 amide bonds. The van der Waals surface area contributed by atoms with Gasteiger partial charge in [0.25, 0.3) is 0 Å². The molecule has 0 saturated heterocycles. The molecule has 1 N–H and O–H groups in total. The van der Waals surface area contributed by atoms with Crippen LogP contribution in [0.25, 0.3) is 39.0 Å². The summed E-state index contributed by atoms with van der Waals surface area (Å²) in [5.74, 6) is 0.0756. The lowest BCUT2D eigenvalue weighted by Gasteiger charge is -2.02. The smallest absolute Gasteiger partial charge is 0.314 e. The molecule has 0 aliphatic rings. The first-order valence-electron chi connectivity index (χ1n) is 11.4. The van der Waals surface area contributed by atoms with Gasteiger partial charge < -0.3 is 14.2 Å². The summed E-state index contributed by atoms with van der Waals surface area (Å²) < 4.78 is 5.52. The summed E-state index contributed by atoms with van der Waals surface area (Å²) in [5.41, 5.74) is 4.57. The predicted molar refractivity (Wildman–Crippen MR) is 135 cm³/mol. The number of nitrogens with zero attached hydrogens (tertiary/aromatic N) is 6. The van der Waals surface area contributed by atoms with Crippen molar-refractivity contribution in [1.82, 2.24) is 18.5 Å². The van der Waals surface area contributed by atoms with Gasteiger partial charge in [0.2, 0.25) is 11.7 Å². The molecule has 8 nitrogen and oxygen atoms in total. The van der Waals surface area contributed by atoms with Crippen molar-refractivity contribution in [1.29, 1.82) is 0 Å². The minimum absolute atomic E-state index is 0.0166. The van der Waals surface area contributed by atoms with E-state index in [4.69, 9.17) is 4.98 Å². The third-order valence-corrected chi connectivity index (χ3v) is 6.37. The fourth-order valence-corrected chi connectivity index (χ4v) is 4.73. The number of aryl methyl sites for hydroxylation is 2. The number of benzene rings is 3. The molecule has 0 atom stereocenters. The molecule has 3 aromatic carbocycles. The van der Waals surface area contributed by atoms with Crippen LogP contribution in [0.15, 0.2) is 89.1 Å². The lowest BCUT2D eigenvalue weighted by molar-refractivity contribution is 0.0990. The van der Waals surface area contributed by atoms with Crippen LogP contribution in [-0.4, -0.2) is 29.5 Å². The molecular formula is C27H22N6O2. The number of azo groups is 1. The summed E-state index contributed by atoms with van der Waals surface area (Å²) in [5, 5.41) is 19.8. The number of amides is 1. The minimum atomic E-state index is -0.541. The summed E-state index contributed by atoms with van der Waals surface area (Å²) in [6.07, 6.45) is 0. The van der Waals surface area contributed by atoms with Crippen LogP contribution in [-0.2, 0) is 13.6 Å². The number of carbonyl (C=O) groups is 1. The summed E-state index contributed by atoms with van der Waals surface area (Å²) in [4.78, 5) is 18.5. The molecule has 0 spiro atoms. The van der Waals surface area contributed by atoms with E-state index in [2.05, 4.69) is 10.2 Å². The van der Waals surface area contributed by atoms with Gasteiger partial charge in [-0.3, -0.25) is 9.20 Å².